The number of oxazole rings is 1. The van der Waals surface area contributed by atoms with Crippen LogP contribution < -0.4 is 4.90 Å². The molecule has 0 atom stereocenters. The van der Waals surface area contributed by atoms with E-state index in [9.17, 15) is 4.79 Å². The Morgan fingerprint density at radius 1 is 1.41 bits per heavy atom. The average molecular weight is 301 g/mol. The fraction of sp³-hybridized carbons (Fsp3) is 0.533. The molecule has 0 unspecified atom stereocenters. The summed E-state index contributed by atoms with van der Waals surface area (Å²) < 4.78 is 7.20. The molecule has 0 bridgehead atoms. The molecular formula is C15H19N5O2. The first kappa shape index (κ1) is 13.5. The first-order chi connectivity index (χ1) is 10.7. The highest BCUT2D eigenvalue weighted by Crippen LogP contribution is 2.26. The SMILES string of the molecule is Cc1ocnc1CN1CC(n2cc(N3CCCC3=O)cn2)C1. The lowest BCUT2D eigenvalue weighted by atomic mass is 10.1. The van der Waals surface area contributed by atoms with Crippen molar-refractivity contribution in [2.45, 2.75) is 32.4 Å². The number of amides is 1. The van der Waals surface area contributed by atoms with E-state index in [-0.39, 0.29) is 5.91 Å². The number of likely N-dealkylation sites (tertiary alicyclic amines) is 1. The Hall–Kier alpha value is -2.15. The van der Waals surface area contributed by atoms with Gasteiger partial charge < -0.3 is 9.32 Å². The number of rotatable bonds is 4. The molecule has 2 aliphatic heterocycles. The lowest BCUT2D eigenvalue weighted by molar-refractivity contribution is -0.117. The van der Waals surface area contributed by atoms with E-state index in [1.165, 1.54) is 6.39 Å². The minimum absolute atomic E-state index is 0.205. The van der Waals surface area contributed by atoms with E-state index in [0.717, 1.165) is 49.7 Å². The van der Waals surface area contributed by atoms with Crippen LogP contribution in [0.4, 0.5) is 5.69 Å². The number of hydrogen-bond donors (Lipinski definition) is 0. The predicted octanol–water partition coefficient (Wildman–Crippen LogP) is 1.36. The zero-order valence-corrected chi connectivity index (χ0v) is 12.6. The van der Waals surface area contributed by atoms with Gasteiger partial charge in [-0.2, -0.15) is 5.10 Å². The molecule has 4 rings (SSSR count). The molecule has 2 fully saturated rings. The third kappa shape index (κ3) is 2.31. The Kier molecular flexibility index (Phi) is 3.22. The van der Waals surface area contributed by atoms with Crippen molar-refractivity contribution in [2.24, 2.45) is 0 Å². The van der Waals surface area contributed by atoms with Gasteiger partial charge in [0.1, 0.15) is 5.76 Å². The van der Waals surface area contributed by atoms with Crippen LogP contribution in [0.25, 0.3) is 0 Å². The fourth-order valence-corrected chi connectivity index (χ4v) is 3.12. The van der Waals surface area contributed by atoms with Crippen LogP contribution in [-0.2, 0) is 11.3 Å². The van der Waals surface area contributed by atoms with Crippen LogP contribution in [0.1, 0.15) is 30.3 Å². The van der Waals surface area contributed by atoms with Crippen LogP contribution in [0.5, 0.6) is 0 Å². The highest BCUT2D eigenvalue weighted by molar-refractivity contribution is 5.95. The van der Waals surface area contributed by atoms with Crippen LogP contribution in [0, 0.1) is 6.92 Å². The van der Waals surface area contributed by atoms with Gasteiger partial charge >= 0.3 is 0 Å². The standard InChI is InChI=1S/C15H19N5O2/c1-11-14(16-10-22-11)9-18-6-13(7-18)20-8-12(5-17-20)19-4-2-3-15(19)21/h5,8,10,13H,2-4,6-7,9H2,1H3. The average Bonchev–Trinajstić information content (AvgIpc) is 3.15. The lowest BCUT2D eigenvalue weighted by Gasteiger charge is -2.38. The number of anilines is 1. The monoisotopic (exact) mass is 301 g/mol. The van der Waals surface area contributed by atoms with Gasteiger partial charge in [0.05, 0.1) is 23.6 Å². The topological polar surface area (TPSA) is 67.4 Å². The summed E-state index contributed by atoms with van der Waals surface area (Å²) in [4.78, 5) is 20.1. The van der Waals surface area contributed by atoms with E-state index < -0.39 is 0 Å². The van der Waals surface area contributed by atoms with Crippen LogP contribution in [0.2, 0.25) is 0 Å². The van der Waals surface area contributed by atoms with Gasteiger partial charge in [0.15, 0.2) is 6.39 Å². The molecule has 4 heterocycles. The molecule has 7 nitrogen and oxygen atoms in total. The van der Waals surface area contributed by atoms with E-state index in [4.69, 9.17) is 4.42 Å². The Bertz CT molecular complexity index is 686. The van der Waals surface area contributed by atoms with Crippen LogP contribution in [-0.4, -0.2) is 45.2 Å². The van der Waals surface area contributed by atoms with E-state index >= 15 is 0 Å². The summed E-state index contributed by atoms with van der Waals surface area (Å²) in [5.41, 5.74) is 1.93. The van der Waals surface area contributed by atoms with Crippen molar-refractivity contribution in [3.8, 4) is 0 Å². The summed E-state index contributed by atoms with van der Waals surface area (Å²) in [6, 6.07) is 0.374. The van der Waals surface area contributed by atoms with Gasteiger partial charge in [0, 0.05) is 38.8 Å². The number of aryl methyl sites for hydroxylation is 1. The molecule has 0 aliphatic carbocycles. The maximum atomic E-state index is 11.8. The molecule has 1 amide bonds. The molecule has 2 aromatic heterocycles. The van der Waals surface area contributed by atoms with Crippen LogP contribution >= 0.6 is 0 Å². The zero-order chi connectivity index (χ0) is 15.1. The molecule has 116 valence electrons. The summed E-state index contributed by atoms with van der Waals surface area (Å²) in [6.45, 7) is 5.46. The third-order valence-electron chi connectivity index (χ3n) is 4.50. The molecule has 2 aliphatic rings. The number of hydrogen-bond acceptors (Lipinski definition) is 5. The smallest absolute Gasteiger partial charge is 0.227 e. The first-order valence-electron chi connectivity index (χ1n) is 7.66. The van der Waals surface area contributed by atoms with Gasteiger partial charge in [0.2, 0.25) is 5.91 Å². The zero-order valence-electron chi connectivity index (χ0n) is 12.6. The van der Waals surface area contributed by atoms with Crippen LogP contribution in [0.15, 0.2) is 23.2 Å². The summed E-state index contributed by atoms with van der Waals surface area (Å²) >= 11 is 0. The van der Waals surface area contributed by atoms with Crippen molar-refractivity contribution in [1.82, 2.24) is 19.7 Å². The highest BCUT2D eigenvalue weighted by atomic mass is 16.3. The van der Waals surface area contributed by atoms with Gasteiger partial charge in [-0.15, -0.1) is 0 Å². The van der Waals surface area contributed by atoms with Crippen molar-refractivity contribution >= 4 is 11.6 Å². The Morgan fingerprint density at radius 3 is 2.95 bits per heavy atom. The fourth-order valence-electron chi connectivity index (χ4n) is 3.12. The Labute approximate surface area is 128 Å². The quantitative estimate of drug-likeness (QED) is 0.853. The molecule has 22 heavy (non-hydrogen) atoms. The van der Waals surface area contributed by atoms with Crippen molar-refractivity contribution in [2.75, 3.05) is 24.5 Å². The Balaban J connectivity index is 1.36. The molecule has 2 aromatic rings. The predicted molar refractivity (Wildman–Crippen MR) is 79.4 cm³/mol. The van der Waals surface area contributed by atoms with Crippen molar-refractivity contribution in [1.29, 1.82) is 0 Å². The maximum absolute atomic E-state index is 11.8. The second kappa shape index (κ2) is 5.24. The summed E-state index contributed by atoms with van der Waals surface area (Å²) in [5, 5.41) is 4.43. The second-order valence-electron chi connectivity index (χ2n) is 6.03. The first-order valence-corrected chi connectivity index (χ1v) is 7.66. The summed E-state index contributed by atoms with van der Waals surface area (Å²) in [6.07, 6.45) is 6.88. The summed E-state index contributed by atoms with van der Waals surface area (Å²) in [5.74, 6) is 1.09. The van der Waals surface area contributed by atoms with Crippen molar-refractivity contribution in [3.63, 3.8) is 0 Å². The number of carbonyl (C=O) groups excluding carboxylic acids is 1. The van der Waals surface area contributed by atoms with Gasteiger partial charge in [-0.25, -0.2) is 4.98 Å². The van der Waals surface area contributed by atoms with E-state index in [1.807, 2.05) is 22.7 Å². The van der Waals surface area contributed by atoms with Gasteiger partial charge in [0.25, 0.3) is 0 Å². The van der Waals surface area contributed by atoms with Gasteiger partial charge in [-0.1, -0.05) is 0 Å². The van der Waals surface area contributed by atoms with E-state index in [0.29, 0.717) is 12.5 Å². The molecule has 0 aromatic carbocycles. The number of nitrogens with zero attached hydrogens (tertiary/aromatic N) is 5. The molecule has 0 radical (unpaired) electrons. The molecule has 2 saturated heterocycles. The number of aromatic nitrogens is 3. The highest BCUT2D eigenvalue weighted by Gasteiger charge is 2.31. The van der Waals surface area contributed by atoms with Gasteiger partial charge in [-0.05, 0) is 13.3 Å². The largest absolute Gasteiger partial charge is 0.448 e. The summed E-state index contributed by atoms with van der Waals surface area (Å²) in [7, 11) is 0. The molecule has 0 saturated carbocycles. The maximum Gasteiger partial charge on any atom is 0.227 e. The third-order valence-corrected chi connectivity index (χ3v) is 4.50. The normalized spacial score (nSPS) is 19.9. The second-order valence-corrected chi connectivity index (χ2v) is 6.03. The minimum atomic E-state index is 0.205. The van der Waals surface area contributed by atoms with Crippen molar-refractivity contribution in [3.05, 3.63) is 30.2 Å². The minimum Gasteiger partial charge on any atom is -0.448 e. The van der Waals surface area contributed by atoms with E-state index in [2.05, 4.69) is 15.0 Å². The molecule has 7 heteroatoms. The van der Waals surface area contributed by atoms with Crippen LogP contribution in [0.3, 0.4) is 0 Å². The molecule has 0 spiro atoms. The van der Waals surface area contributed by atoms with Gasteiger partial charge in [-0.3, -0.25) is 14.4 Å². The van der Waals surface area contributed by atoms with Crippen molar-refractivity contribution < 1.29 is 9.21 Å². The Morgan fingerprint density at radius 2 is 2.27 bits per heavy atom. The lowest BCUT2D eigenvalue weighted by Crippen LogP contribution is -2.47. The van der Waals surface area contributed by atoms with E-state index in [1.54, 1.807) is 6.20 Å². The molecular weight excluding hydrogens is 282 g/mol. The molecule has 0 N–H and O–H groups in total. The number of carbonyl (C=O) groups is 1.